The van der Waals surface area contributed by atoms with E-state index in [0.29, 0.717) is 11.8 Å². The minimum absolute atomic E-state index is 0.684. The van der Waals surface area contributed by atoms with Crippen molar-refractivity contribution in [2.75, 3.05) is 18.0 Å². The van der Waals surface area contributed by atoms with Crippen LogP contribution < -0.4 is 4.90 Å². The van der Waals surface area contributed by atoms with Crippen LogP contribution in [0.1, 0.15) is 67.3 Å². The molecule has 1 aliphatic heterocycles. The highest BCUT2D eigenvalue weighted by atomic mass is 15.3. The lowest BCUT2D eigenvalue weighted by molar-refractivity contribution is 0.504. The summed E-state index contributed by atoms with van der Waals surface area (Å²) in [5.41, 5.74) is 5.52. The molecule has 3 aromatic rings. The number of piperidine rings is 1. The first-order chi connectivity index (χ1) is 13.9. The molecule has 3 aliphatic rings. The largest absolute Gasteiger partial charge is 0.371 e. The first-order valence-electron chi connectivity index (χ1n) is 11.0. The van der Waals surface area contributed by atoms with Gasteiger partial charge < -0.3 is 4.90 Å². The summed E-state index contributed by atoms with van der Waals surface area (Å²) >= 11 is 0. The van der Waals surface area contributed by atoms with Gasteiger partial charge in [0, 0.05) is 37.0 Å². The molecule has 2 saturated carbocycles. The van der Waals surface area contributed by atoms with Gasteiger partial charge in [-0.3, -0.25) is 4.40 Å². The third-order valence-corrected chi connectivity index (χ3v) is 6.93. The van der Waals surface area contributed by atoms with E-state index < -0.39 is 0 Å². The molecule has 4 heteroatoms. The van der Waals surface area contributed by atoms with E-state index in [9.17, 15) is 0 Å². The van der Waals surface area contributed by atoms with E-state index in [4.69, 9.17) is 0 Å². The third-order valence-electron chi connectivity index (χ3n) is 6.93. The summed E-state index contributed by atoms with van der Waals surface area (Å²) in [5.74, 6) is 3.38. The van der Waals surface area contributed by atoms with Crippen LogP contribution in [-0.4, -0.2) is 27.7 Å². The molecule has 3 heterocycles. The van der Waals surface area contributed by atoms with Crippen LogP contribution >= 0.6 is 0 Å². The van der Waals surface area contributed by atoms with E-state index in [0.717, 1.165) is 36.9 Å². The maximum Gasteiger partial charge on any atom is 0.166 e. The van der Waals surface area contributed by atoms with Gasteiger partial charge in [0.1, 0.15) is 5.82 Å². The van der Waals surface area contributed by atoms with Gasteiger partial charge in [0.25, 0.3) is 0 Å². The molecule has 6 rings (SSSR count). The smallest absolute Gasteiger partial charge is 0.166 e. The fourth-order valence-corrected chi connectivity index (χ4v) is 4.95. The second-order valence-corrected chi connectivity index (χ2v) is 9.02. The van der Waals surface area contributed by atoms with Crippen LogP contribution in [0.2, 0.25) is 0 Å². The first-order valence-corrected chi connectivity index (χ1v) is 11.0. The Hall–Kier alpha value is -2.36. The van der Waals surface area contributed by atoms with Crippen molar-refractivity contribution >= 4 is 11.3 Å². The number of aromatic nitrogens is 3. The van der Waals surface area contributed by atoms with Gasteiger partial charge >= 0.3 is 0 Å². The first kappa shape index (κ1) is 16.6. The van der Waals surface area contributed by atoms with Gasteiger partial charge in [0.15, 0.2) is 5.65 Å². The predicted molar refractivity (Wildman–Crippen MR) is 112 cm³/mol. The highest BCUT2D eigenvalue weighted by molar-refractivity contribution is 5.68. The summed E-state index contributed by atoms with van der Waals surface area (Å²) in [6.45, 7) is 2.27. The molecule has 0 atom stereocenters. The summed E-state index contributed by atoms with van der Waals surface area (Å²) in [4.78, 5) is 2.61. The van der Waals surface area contributed by atoms with Crippen LogP contribution in [-0.2, 0) is 6.42 Å². The maximum absolute atomic E-state index is 4.67. The summed E-state index contributed by atoms with van der Waals surface area (Å²) < 4.78 is 2.28. The van der Waals surface area contributed by atoms with Crippen LogP contribution in [0.4, 0.5) is 5.69 Å². The predicted octanol–water partition coefficient (Wildman–Crippen LogP) is 4.94. The second-order valence-electron chi connectivity index (χ2n) is 9.02. The van der Waals surface area contributed by atoms with Gasteiger partial charge in [0.2, 0.25) is 0 Å². The monoisotopic (exact) mass is 372 g/mol. The van der Waals surface area contributed by atoms with Crippen molar-refractivity contribution in [2.24, 2.45) is 5.92 Å². The van der Waals surface area contributed by atoms with E-state index in [2.05, 4.69) is 62.1 Å². The molecule has 1 aromatic carbocycles. The van der Waals surface area contributed by atoms with Crippen molar-refractivity contribution in [3.05, 3.63) is 59.5 Å². The number of pyridine rings is 1. The number of anilines is 1. The zero-order valence-electron chi connectivity index (χ0n) is 16.4. The molecule has 144 valence electrons. The highest BCUT2D eigenvalue weighted by Crippen LogP contribution is 2.47. The molecule has 3 fully saturated rings. The Bertz CT molecular complexity index is 977. The molecule has 0 bridgehead atoms. The van der Waals surface area contributed by atoms with Gasteiger partial charge in [-0.2, -0.15) is 0 Å². The zero-order chi connectivity index (χ0) is 18.5. The number of benzene rings is 1. The average molecular weight is 373 g/mol. The number of hydrogen-bond acceptors (Lipinski definition) is 3. The molecule has 0 amide bonds. The van der Waals surface area contributed by atoms with Crippen molar-refractivity contribution in [1.82, 2.24) is 14.6 Å². The van der Waals surface area contributed by atoms with Crippen LogP contribution in [0.15, 0.2) is 42.6 Å². The van der Waals surface area contributed by atoms with Crippen molar-refractivity contribution in [2.45, 2.75) is 56.8 Å². The van der Waals surface area contributed by atoms with Crippen LogP contribution in [0.25, 0.3) is 5.65 Å². The Morgan fingerprint density at radius 1 is 0.821 bits per heavy atom. The quantitative estimate of drug-likeness (QED) is 0.636. The summed E-state index contributed by atoms with van der Waals surface area (Å²) in [7, 11) is 0. The number of hydrogen-bond donors (Lipinski definition) is 0. The van der Waals surface area contributed by atoms with Crippen molar-refractivity contribution < 1.29 is 0 Å². The fourth-order valence-electron chi connectivity index (χ4n) is 4.95. The normalized spacial score (nSPS) is 20.8. The number of nitrogens with zero attached hydrogens (tertiary/aromatic N) is 4. The van der Waals surface area contributed by atoms with Crippen LogP contribution in [0.3, 0.4) is 0 Å². The molecule has 1 saturated heterocycles. The fraction of sp³-hybridized carbons (Fsp3) is 0.500. The van der Waals surface area contributed by atoms with Crippen LogP contribution in [0.5, 0.6) is 0 Å². The van der Waals surface area contributed by atoms with Crippen molar-refractivity contribution in [1.29, 1.82) is 0 Å². The number of rotatable bonds is 5. The lowest BCUT2D eigenvalue weighted by atomic mass is 9.89. The van der Waals surface area contributed by atoms with Gasteiger partial charge in [-0.05, 0) is 67.9 Å². The van der Waals surface area contributed by atoms with E-state index in [1.807, 2.05) is 0 Å². The third kappa shape index (κ3) is 2.99. The minimum atomic E-state index is 0.684. The Morgan fingerprint density at radius 2 is 1.61 bits per heavy atom. The molecular formula is C24H28N4. The Balaban J connectivity index is 1.29. The SMILES string of the molecule is c1ccc(C2CCN(c3ccn4c(CC5CC5)nnc4c3C3CC3)CC2)cc1. The standard InChI is InChI=1S/C24H28N4/c1-2-4-18(5-3-1)19-10-13-27(14-11-19)21-12-15-28-22(16-17-6-7-17)25-26-24(28)23(21)20-8-9-20/h1-5,12,15,17,19-20H,6-11,13-14,16H2. The van der Waals surface area contributed by atoms with Gasteiger partial charge in [0.05, 0.1) is 0 Å². The average Bonchev–Trinajstić information content (AvgIpc) is 3.67. The highest BCUT2D eigenvalue weighted by Gasteiger charge is 2.33. The summed E-state index contributed by atoms with van der Waals surface area (Å²) in [6, 6.07) is 13.4. The lowest BCUT2D eigenvalue weighted by Gasteiger charge is -2.35. The van der Waals surface area contributed by atoms with E-state index >= 15 is 0 Å². The Labute approximate surface area is 166 Å². The molecule has 0 radical (unpaired) electrons. The maximum atomic E-state index is 4.67. The van der Waals surface area contributed by atoms with Crippen LogP contribution in [0, 0.1) is 5.92 Å². The molecule has 28 heavy (non-hydrogen) atoms. The van der Waals surface area contributed by atoms with Crippen molar-refractivity contribution in [3.8, 4) is 0 Å². The molecule has 2 aliphatic carbocycles. The topological polar surface area (TPSA) is 33.4 Å². The van der Waals surface area contributed by atoms with Crippen molar-refractivity contribution in [3.63, 3.8) is 0 Å². The Morgan fingerprint density at radius 3 is 2.32 bits per heavy atom. The lowest BCUT2D eigenvalue weighted by Crippen LogP contribution is -2.33. The van der Waals surface area contributed by atoms with E-state index in [-0.39, 0.29) is 0 Å². The summed E-state index contributed by atoms with van der Waals surface area (Å²) in [6.07, 6.45) is 11.1. The molecule has 4 nitrogen and oxygen atoms in total. The number of fused-ring (bicyclic) bond motifs is 1. The molecule has 0 unspecified atom stereocenters. The van der Waals surface area contributed by atoms with E-state index in [1.165, 1.54) is 55.3 Å². The molecule has 0 N–H and O–H groups in total. The second kappa shape index (κ2) is 6.61. The van der Waals surface area contributed by atoms with E-state index in [1.54, 1.807) is 0 Å². The molecular weight excluding hydrogens is 344 g/mol. The van der Waals surface area contributed by atoms with Gasteiger partial charge in [-0.25, -0.2) is 0 Å². The molecule has 2 aromatic heterocycles. The van der Waals surface area contributed by atoms with Gasteiger partial charge in [-0.1, -0.05) is 30.3 Å². The zero-order valence-corrected chi connectivity index (χ0v) is 16.4. The summed E-state index contributed by atoms with van der Waals surface area (Å²) in [5, 5.41) is 9.24. The van der Waals surface area contributed by atoms with Gasteiger partial charge in [-0.15, -0.1) is 10.2 Å². The minimum Gasteiger partial charge on any atom is -0.371 e. The Kier molecular flexibility index (Phi) is 3.91. The molecule has 0 spiro atoms.